The van der Waals surface area contributed by atoms with Crippen molar-refractivity contribution in [2.75, 3.05) is 17.3 Å². The molecule has 5 nitrogen and oxygen atoms in total. The molecule has 0 unspecified atom stereocenters. The van der Waals surface area contributed by atoms with Crippen molar-refractivity contribution >= 4 is 23.2 Å². The number of halogens is 1. The Kier molecular flexibility index (Phi) is 6.50. The van der Waals surface area contributed by atoms with E-state index in [1.165, 1.54) is 12.1 Å². The highest BCUT2D eigenvalue weighted by Crippen LogP contribution is 2.34. The Morgan fingerprint density at radius 2 is 1.72 bits per heavy atom. The first-order chi connectivity index (χ1) is 15.5. The molecule has 3 aromatic rings. The molecule has 4 rings (SSSR count). The van der Waals surface area contributed by atoms with Gasteiger partial charge in [-0.1, -0.05) is 24.3 Å². The zero-order valence-corrected chi connectivity index (χ0v) is 17.9. The number of nitrogens with zero attached hydrogens (tertiary/aromatic N) is 1. The average Bonchev–Trinajstić information content (AvgIpc) is 3.64. The summed E-state index contributed by atoms with van der Waals surface area (Å²) in [5, 5.41) is 2.88. The maximum Gasteiger partial charge on any atom is 0.230 e. The highest BCUT2D eigenvalue weighted by atomic mass is 19.1. The first kappa shape index (κ1) is 21.6. The van der Waals surface area contributed by atoms with E-state index in [4.69, 9.17) is 4.74 Å². The van der Waals surface area contributed by atoms with Gasteiger partial charge in [-0.3, -0.25) is 9.59 Å². The molecule has 3 aromatic carbocycles. The normalized spacial score (nSPS) is 12.8. The smallest absolute Gasteiger partial charge is 0.230 e. The van der Waals surface area contributed by atoms with Crippen molar-refractivity contribution in [3.8, 4) is 5.75 Å². The van der Waals surface area contributed by atoms with E-state index < -0.39 is 0 Å². The summed E-state index contributed by atoms with van der Waals surface area (Å²) >= 11 is 0. The molecule has 0 heterocycles. The number of carbonyl (C=O) groups excluding carboxylic acids is 2. The summed E-state index contributed by atoms with van der Waals surface area (Å²) < 4.78 is 18.4. The summed E-state index contributed by atoms with van der Waals surface area (Å²) in [6, 6.07) is 20.8. The van der Waals surface area contributed by atoms with E-state index in [0.717, 1.165) is 35.4 Å². The lowest BCUT2D eigenvalue weighted by molar-refractivity contribution is -0.120. The Balaban J connectivity index is 1.48. The fourth-order valence-electron chi connectivity index (χ4n) is 3.52. The Morgan fingerprint density at radius 3 is 2.38 bits per heavy atom. The maximum absolute atomic E-state index is 13.3. The van der Waals surface area contributed by atoms with Gasteiger partial charge in [0.15, 0.2) is 0 Å². The summed E-state index contributed by atoms with van der Waals surface area (Å²) in [7, 11) is 1.59. The molecule has 0 saturated heterocycles. The van der Waals surface area contributed by atoms with Crippen molar-refractivity contribution in [3.05, 3.63) is 89.7 Å². The van der Waals surface area contributed by atoms with Gasteiger partial charge in [-0.2, -0.15) is 0 Å². The Hall–Kier alpha value is -3.67. The standard InChI is InChI=1S/C26H25FN2O3/c1-32-24-13-11-22(12-14-24)28-25(30)16-19-3-2-4-23(15-19)29(26(31)20-7-8-20)17-18-5-9-21(27)10-6-18/h2-6,9-15,20H,7-8,16-17H2,1H3,(H,28,30). The second-order valence-electron chi connectivity index (χ2n) is 7.95. The summed E-state index contributed by atoms with van der Waals surface area (Å²) in [6.07, 6.45) is 1.97. The van der Waals surface area contributed by atoms with Crippen molar-refractivity contribution in [2.24, 2.45) is 5.92 Å². The van der Waals surface area contributed by atoms with Crippen LogP contribution in [0.5, 0.6) is 5.75 Å². The molecule has 1 fully saturated rings. The molecule has 0 spiro atoms. The number of anilines is 2. The molecule has 164 valence electrons. The minimum absolute atomic E-state index is 0.0393. The van der Waals surface area contributed by atoms with Crippen molar-refractivity contribution in [1.29, 1.82) is 0 Å². The van der Waals surface area contributed by atoms with Gasteiger partial charge in [-0.05, 0) is 72.5 Å². The van der Waals surface area contributed by atoms with Crippen LogP contribution in [-0.4, -0.2) is 18.9 Å². The van der Waals surface area contributed by atoms with Crippen LogP contribution in [-0.2, 0) is 22.6 Å². The predicted molar refractivity (Wildman–Crippen MR) is 122 cm³/mol. The Morgan fingerprint density at radius 1 is 1.00 bits per heavy atom. The molecule has 0 radical (unpaired) electrons. The molecule has 1 saturated carbocycles. The molecule has 0 aromatic heterocycles. The maximum atomic E-state index is 13.3. The van der Waals surface area contributed by atoms with Gasteiger partial charge in [-0.25, -0.2) is 4.39 Å². The number of nitrogens with one attached hydrogen (secondary N) is 1. The van der Waals surface area contributed by atoms with Crippen molar-refractivity contribution in [1.82, 2.24) is 0 Å². The topological polar surface area (TPSA) is 58.6 Å². The first-order valence-corrected chi connectivity index (χ1v) is 10.6. The molecule has 0 aliphatic heterocycles. The SMILES string of the molecule is COc1ccc(NC(=O)Cc2cccc(N(Cc3ccc(F)cc3)C(=O)C3CC3)c2)cc1. The fourth-order valence-corrected chi connectivity index (χ4v) is 3.52. The molecule has 0 atom stereocenters. The van der Waals surface area contributed by atoms with E-state index in [1.54, 1.807) is 48.4 Å². The van der Waals surface area contributed by atoms with Gasteiger partial charge in [0.25, 0.3) is 0 Å². The van der Waals surface area contributed by atoms with E-state index in [-0.39, 0.29) is 30.0 Å². The van der Waals surface area contributed by atoms with Gasteiger partial charge < -0.3 is 15.0 Å². The van der Waals surface area contributed by atoms with Crippen LogP contribution >= 0.6 is 0 Å². The van der Waals surface area contributed by atoms with Gasteiger partial charge >= 0.3 is 0 Å². The monoisotopic (exact) mass is 432 g/mol. The molecule has 2 amide bonds. The minimum Gasteiger partial charge on any atom is -0.497 e. The van der Waals surface area contributed by atoms with Crippen LogP contribution < -0.4 is 15.0 Å². The van der Waals surface area contributed by atoms with E-state index in [2.05, 4.69) is 5.32 Å². The third-order valence-electron chi connectivity index (χ3n) is 5.41. The van der Waals surface area contributed by atoms with E-state index in [9.17, 15) is 14.0 Å². The lowest BCUT2D eigenvalue weighted by Gasteiger charge is -2.24. The number of hydrogen-bond donors (Lipinski definition) is 1. The molecule has 1 N–H and O–H groups in total. The second-order valence-corrected chi connectivity index (χ2v) is 7.95. The quantitative estimate of drug-likeness (QED) is 0.547. The number of benzene rings is 3. The molecular formula is C26H25FN2O3. The zero-order valence-electron chi connectivity index (χ0n) is 17.9. The Labute approximate surface area is 186 Å². The van der Waals surface area contributed by atoms with E-state index in [0.29, 0.717) is 12.2 Å². The van der Waals surface area contributed by atoms with Crippen molar-refractivity contribution in [3.63, 3.8) is 0 Å². The van der Waals surface area contributed by atoms with Gasteiger partial charge in [0.2, 0.25) is 11.8 Å². The minimum atomic E-state index is -0.307. The van der Waals surface area contributed by atoms with E-state index in [1.807, 2.05) is 24.3 Å². The number of amides is 2. The van der Waals surface area contributed by atoms with Crippen molar-refractivity contribution in [2.45, 2.75) is 25.8 Å². The Bertz CT molecular complexity index is 1090. The molecule has 1 aliphatic rings. The van der Waals surface area contributed by atoms with Gasteiger partial charge in [0.05, 0.1) is 20.1 Å². The lowest BCUT2D eigenvalue weighted by atomic mass is 10.1. The van der Waals surface area contributed by atoms with Crippen LogP contribution in [0.25, 0.3) is 0 Å². The summed E-state index contributed by atoms with van der Waals surface area (Å²) in [5.74, 6) is 0.369. The van der Waals surface area contributed by atoms with Gasteiger partial charge in [0, 0.05) is 17.3 Å². The second kappa shape index (κ2) is 9.64. The van der Waals surface area contributed by atoms with Crippen LogP contribution in [0.1, 0.15) is 24.0 Å². The summed E-state index contributed by atoms with van der Waals surface area (Å²) in [5.41, 5.74) is 3.08. The molecular weight excluding hydrogens is 407 g/mol. The van der Waals surface area contributed by atoms with Crippen LogP contribution in [0.2, 0.25) is 0 Å². The van der Waals surface area contributed by atoms with Gasteiger partial charge in [-0.15, -0.1) is 0 Å². The third kappa shape index (κ3) is 5.52. The molecule has 6 heteroatoms. The number of ether oxygens (including phenoxy) is 1. The highest BCUT2D eigenvalue weighted by Gasteiger charge is 2.34. The molecule has 1 aliphatic carbocycles. The number of methoxy groups -OCH3 is 1. The molecule has 0 bridgehead atoms. The van der Waals surface area contributed by atoms with Crippen LogP contribution in [0.15, 0.2) is 72.8 Å². The third-order valence-corrected chi connectivity index (χ3v) is 5.41. The predicted octanol–water partition coefficient (Wildman–Crippen LogP) is 4.96. The van der Waals surface area contributed by atoms with Crippen LogP contribution in [0.3, 0.4) is 0 Å². The van der Waals surface area contributed by atoms with Gasteiger partial charge in [0.1, 0.15) is 11.6 Å². The van der Waals surface area contributed by atoms with E-state index >= 15 is 0 Å². The van der Waals surface area contributed by atoms with Crippen molar-refractivity contribution < 1.29 is 18.7 Å². The zero-order chi connectivity index (χ0) is 22.5. The summed E-state index contributed by atoms with van der Waals surface area (Å²) in [4.78, 5) is 27.2. The highest BCUT2D eigenvalue weighted by molar-refractivity contribution is 5.97. The van der Waals surface area contributed by atoms with Crippen LogP contribution in [0.4, 0.5) is 15.8 Å². The number of carbonyl (C=O) groups is 2. The number of rotatable bonds is 8. The largest absolute Gasteiger partial charge is 0.497 e. The molecule has 32 heavy (non-hydrogen) atoms. The fraction of sp³-hybridized carbons (Fsp3) is 0.231. The average molecular weight is 432 g/mol. The number of hydrogen-bond acceptors (Lipinski definition) is 3. The summed E-state index contributed by atoms with van der Waals surface area (Å²) in [6.45, 7) is 0.358. The lowest BCUT2D eigenvalue weighted by Crippen LogP contribution is -2.31. The first-order valence-electron chi connectivity index (χ1n) is 10.6. The van der Waals surface area contributed by atoms with Crippen LogP contribution in [0, 0.1) is 11.7 Å².